The van der Waals surface area contributed by atoms with E-state index in [1.165, 1.54) is 0 Å². The normalized spacial score (nSPS) is 27.7. The summed E-state index contributed by atoms with van der Waals surface area (Å²) in [5, 5.41) is 12.0. The first-order chi connectivity index (χ1) is 8.66. The molecule has 0 spiro atoms. The maximum absolute atomic E-state index is 12.5. The van der Waals surface area contributed by atoms with Gasteiger partial charge in [0.25, 0.3) is 10.2 Å². The second-order valence-electron chi connectivity index (χ2n) is 4.93. The predicted octanol–water partition coefficient (Wildman–Crippen LogP) is -0.627. The van der Waals surface area contributed by atoms with Gasteiger partial charge in [-0.15, -0.1) is 0 Å². The molecule has 0 aliphatic carbocycles. The summed E-state index contributed by atoms with van der Waals surface area (Å²) >= 11 is 0. The molecule has 7 heteroatoms. The molecule has 6 nitrogen and oxygen atoms in total. The van der Waals surface area contributed by atoms with Gasteiger partial charge in [-0.05, 0) is 25.7 Å². The van der Waals surface area contributed by atoms with Gasteiger partial charge in [0.2, 0.25) is 0 Å². The molecule has 0 aromatic carbocycles. The fraction of sp³-hybridized carbons (Fsp3) is 1.00. The zero-order valence-corrected chi connectivity index (χ0v) is 11.5. The van der Waals surface area contributed by atoms with Crippen molar-refractivity contribution in [3.63, 3.8) is 0 Å². The monoisotopic (exact) mass is 277 g/mol. The van der Waals surface area contributed by atoms with Crippen LogP contribution in [0.4, 0.5) is 0 Å². The molecule has 0 aromatic rings. The molecule has 2 heterocycles. The molecule has 0 aromatic heterocycles. The Balaban J connectivity index is 2.03. The van der Waals surface area contributed by atoms with E-state index in [4.69, 9.17) is 5.11 Å². The van der Waals surface area contributed by atoms with Gasteiger partial charge in [0.15, 0.2) is 0 Å². The number of rotatable bonds is 5. The molecule has 106 valence electrons. The number of aliphatic hydroxyl groups excluding tert-OH is 1. The number of hydrogen-bond donors (Lipinski definition) is 2. The Kier molecular flexibility index (Phi) is 4.97. The Labute approximate surface area is 109 Å². The molecule has 0 saturated carbocycles. The van der Waals surface area contributed by atoms with Crippen molar-refractivity contribution in [3.8, 4) is 0 Å². The standard InChI is InChI=1S/C11H23N3O3S/c15-10-2-4-11-3-1-7-14(11)18(16,17)13-8-5-12-6-9-13/h11-12,15H,1-10H2. The Morgan fingerprint density at radius 3 is 2.61 bits per heavy atom. The van der Waals surface area contributed by atoms with Crippen LogP contribution in [0.3, 0.4) is 0 Å². The summed E-state index contributed by atoms with van der Waals surface area (Å²) in [5.41, 5.74) is 0. The van der Waals surface area contributed by atoms with Crippen molar-refractivity contribution in [2.75, 3.05) is 39.3 Å². The first-order valence-corrected chi connectivity index (χ1v) is 8.14. The number of piperazine rings is 1. The Morgan fingerprint density at radius 1 is 1.22 bits per heavy atom. The van der Waals surface area contributed by atoms with Gasteiger partial charge in [-0.2, -0.15) is 17.0 Å². The predicted molar refractivity (Wildman–Crippen MR) is 69.4 cm³/mol. The van der Waals surface area contributed by atoms with Gasteiger partial charge in [-0.25, -0.2) is 0 Å². The van der Waals surface area contributed by atoms with Gasteiger partial charge in [-0.1, -0.05) is 0 Å². The van der Waals surface area contributed by atoms with E-state index in [0.29, 0.717) is 26.1 Å². The van der Waals surface area contributed by atoms with E-state index in [1.807, 2.05) is 0 Å². The van der Waals surface area contributed by atoms with Crippen LogP contribution in [0.1, 0.15) is 25.7 Å². The molecule has 1 unspecified atom stereocenters. The highest BCUT2D eigenvalue weighted by Crippen LogP contribution is 2.26. The molecule has 2 aliphatic heterocycles. The molecule has 18 heavy (non-hydrogen) atoms. The van der Waals surface area contributed by atoms with Gasteiger partial charge in [0, 0.05) is 45.4 Å². The third kappa shape index (κ3) is 3.03. The van der Waals surface area contributed by atoms with Crippen LogP contribution in [0.2, 0.25) is 0 Å². The van der Waals surface area contributed by atoms with Crippen LogP contribution in [-0.2, 0) is 10.2 Å². The van der Waals surface area contributed by atoms with Gasteiger partial charge < -0.3 is 10.4 Å². The van der Waals surface area contributed by atoms with Crippen LogP contribution in [0.5, 0.6) is 0 Å². The lowest BCUT2D eigenvalue weighted by atomic mass is 10.1. The van der Waals surface area contributed by atoms with Crippen molar-refractivity contribution in [1.29, 1.82) is 0 Å². The van der Waals surface area contributed by atoms with Gasteiger partial charge >= 0.3 is 0 Å². The largest absolute Gasteiger partial charge is 0.396 e. The molecule has 2 rings (SSSR count). The highest BCUT2D eigenvalue weighted by molar-refractivity contribution is 7.86. The number of nitrogens with zero attached hydrogens (tertiary/aromatic N) is 2. The molecule has 2 N–H and O–H groups in total. The van der Waals surface area contributed by atoms with Gasteiger partial charge in [0.05, 0.1) is 0 Å². The summed E-state index contributed by atoms with van der Waals surface area (Å²) in [7, 11) is -3.30. The minimum Gasteiger partial charge on any atom is -0.396 e. The quantitative estimate of drug-likeness (QED) is 0.702. The first kappa shape index (κ1) is 14.2. The average Bonchev–Trinajstić information content (AvgIpc) is 2.86. The molecular formula is C11H23N3O3S. The molecule has 2 aliphatic rings. The second-order valence-corrected chi connectivity index (χ2v) is 6.81. The molecule has 0 bridgehead atoms. The second kappa shape index (κ2) is 6.29. The fourth-order valence-electron chi connectivity index (χ4n) is 2.75. The summed E-state index contributed by atoms with van der Waals surface area (Å²) < 4.78 is 28.3. The maximum atomic E-state index is 12.5. The summed E-state index contributed by atoms with van der Waals surface area (Å²) in [5.74, 6) is 0. The lowest BCUT2D eigenvalue weighted by molar-refractivity contribution is 0.255. The summed E-state index contributed by atoms with van der Waals surface area (Å²) in [6.07, 6.45) is 3.30. The van der Waals surface area contributed by atoms with E-state index >= 15 is 0 Å². The van der Waals surface area contributed by atoms with Crippen molar-refractivity contribution in [2.45, 2.75) is 31.7 Å². The highest BCUT2D eigenvalue weighted by Gasteiger charge is 2.37. The SMILES string of the molecule is O=S(=O)(N1CCNCC1)N1CCCC1CCCO. The van der Waals surface area contributed by atoms with Crippen molar-refractivity contribution in [2.24, 2.45) is 0 Å². The Morgan fingerprint density at radius 2 is 1.94 bits per heavy atom. The summed E-state index contributed by atoms with van der Waals surface area (Å²) in [6.45, 7) is 3.35. The average molecular weight is 277 g/mol. The van der Waals surface area contributed by atoms with Crippen LogP contribution in [0.15, 0.2) is 0 Å². The molecule has 0 radical (unpaired) electrons. The van der Waals surface area contributed by atoms with E-state index in [1.54, 1.807) is 8.61 Å². The van der Waals surface area contributed by atoms with E-state index < -0.39 is 10.2 Å². The van der Waals surface area contributed by atoms with Crippen molar-refractivity contribution < 1.29 is 13.5 Å². The van der Waals surface area contributed by atoms with Crippen LogP contribution in [0.25, 0.3) is 0 Å². The maximum Gasteiger partial charge on any atom is 0.282 e. The molecule has 0 amide bonds. The zero-order chi connectivity index (χ0) is 13.0. The van der Waals surface area contributed by atoms with Crippen LogP contribution in [0, 0.1) is 0 Å². The lowest BCUT2D eigenvalue weighted by Crippen LogP contribution is -2.52. The molecule has 2 saturated heterocycles. The molecular weight excluding hydrogens is 254 g/mol. The van der Waals surface area contributed by atoms with E-state index in [9.17, 15) is 8.42 Å². The van der Waals surface area contributed by atoms with E-state index in [0.717, 1.165) is 32.4 Å². The smallest absolute Gasteiger partial charge is 0.282 e. The Hall–Kier alpha value is -0.210. The fourth-order valence-corrected chi connectivity index (χ4v) is 4.64. The van der Waals surface area contributed by atoms with Gasteiger partial charge in [0.1, 0.15) is 0 Å². The van der Waals surface area contributed by atoms with Crippen molar-refractivity contribution in [3.05, 3.63) is 0 Å². The van der Waals surface area contributed by atoms with Crippen LogP contribution in [-0.4, -0.2) is 67.5 Å². The van der Waals surface area contributed by atoms with E-state index in [2.05, 4.69) is 5.32 Å². The summed E-state index contributed by atoms with van der Waals surface area (Å²) in [4.78, 5) is 0. The molecule has 1 atom stereocenters. The lowest BCUT2D eigenvalue weighted by Gasteiger charge is -2.33. The highest BCUT2D eigenvalue weighted by atomic mass is 32.2. The van der Waals surface area contributed by atoms with Gasteiger partial charge in [-0.3, -0.25) is 0 Å². The van der Waals surface area contributed by atoms with Crippen molar-refractivity contribution in [1.82, 2.24) is 13.9 Å². The minimum absolute atomic E-state index is 0.0806. The Bertz CT molecular complexity index is 355. The zero-order valence-electron chi connectivity index (χ0n) is 10.7. The number of nitrogens with one attached hydrogen (secondary N) is 1. The topological polar surface area (TPSA) is 72.9 Å². The van der Waals surface area contributed by atoms with E-state index in [-0.39, 0.29) is 12.6 Å². The number of hydrogen-bond acceptors (Lipinski definition) is 4. The third-order valence-corrected chi connectivity index (χ3v) is 5.81. The van der Waals surface area contributed by atoms with Crippen molar-refractivity contribution >= 4 is 10.2 Å². The minimum atomic E-state index is -3.30. The third-order valence-electron chi connectivity index (χ3n) is 3.72. The molecule has 2 fully saturated rings. The first-order valence-electron chi connectivity index (χ1n) is 6.75. The number of aliphatic hydroxyl groups is 1. The van der Waals surface area contributed by atoms with Crippen LogP contribution >= 0.6 is 0 Å². The summed E-state index contributed by atoms with van der Waals surface area (Å²) in [6, 6.07) is 0.0806. The van der Waals surface area contributed by atoms with Crippen LogP contribution < -0.4 is 5.32 Å².